The molecule has 2 aromatic rings. The van der Waals surface area contributed by atoms with Crippen molar-refractivity contribution in [3.8, 4) is 0 Å². The zero-order chi connectivity index (χ0) is 14.9. The van der Waals surface area contributed by atoms with E-state index in [2.05, 4.69) is 0 Å². The molecule has 0 saturated carbocycles. The predicted molar refractivity (Wildman–Crippen MR) is 78.5 cm³/mol. The lowest BCUT2D eigenvalue weighted by Crippen LogP contribution is -2.52. The fraction of sp³-hybridized carbons (Fsp3) is 0.353. The van der Waals surface area contributed by atoms with E-state index in [4.69, 9.17) is 4.42 Å². The normalized spacial score (nSPS) is 26.1. The van der Waals surface area contributed by atoms with Gasteiger partial charge in [-0.15, -0.1) is 0 Å². The molecular weight excluding hydrogens is 266 g/mol. The van der Waals surface area contributed by atoms with Crippen molar-refractivity contribution >= 4 is 5.91 Å². The van der Waals surface area contributed by atoms with Gasteiger partial charge in [-0.3, -0.25) is 4.79 Å². The van der Waals surface area contributed by atoms with Gasteiger partial charge >= 0.3 is 0 Å². The number of carbonyl (C=O) groups is 1. The number of benzene rings is 1. The van der Waals surface area contributed by atoms with E-state index >= 15 is 0 Å². The van der Waals surface area contributed by atoms with Gasteiger partial charge in [-0.2, -0.15) is 0 Å². The molecule has 1 aliphatic rings. The highest BCUT2D eigenvalue weighted by molar-refractivity contribution is 5.85. The van der Waals surface area contributed by atoms with Crippen LogP contribution >= 0.6 is 0 Å². The molecule has 1 N–H and O–H groups in total. The first-order chi connectivity index (χ1) is 10.1. The fourth-order valence-corrected chi connectivity index (χ4v) is 2.91. The van der Waals surface area contributed by atoms with Crippen LogP contribution in [0.1, 0.15) is 30.6 Å². The largest absolute Gasteiger partial charge is 0.468 e. The first kappa shape index (κ1) is 13.9. The predicted octanol–water partition coefficient (Wildman–Crippen LogP) is 2.55. The number of furan rings is 1. The van der Waals surface area contributed by atoms with Crippen LogP contribution in [-0.4, -0.2) is 28.1 Å². The Hall–Kier alpha value is -2.07. The van der Waals surface area contributed by atoms with Crippen molar-refractivity contribution in [1.82, 2.24) is 4.90 Å². The van der Waals surface area contributed by atoms with Crippen LogP contribution in [0.15, 0.2) is 53.1 Å². The van der Waals surface area contributed by atoms with E-state index in [1.54, 1.807) is 24.0 Å². The van der Waals surface area contributed by atoms with Crippen molar-refractivity contribution in [2.75, 3.05) is 6.54 Å². The van der Waals surface area contributed by atoms with Crippen molar-refractivity contribution in [1.29, 1.82) is 0 Å². The minimum Gasteiger partial charge on any atom is -0.468 e. The second kappa shape index (κ2) is 5.37. The summed E-state index contributed by atoms with van der Waals surface area (Å²) in [4.78, 5) is 14.5. The number of rotatable bonds is 3. The van der Waals surface area contributed by atoms with E-state index in [1.165, 1.54) is 6.26 Å². The molecular formula is C17H19NO3. The zero-order valence-electron chi connectivity index (χ0n) is 12.0. The number of nitrogens with zero attached hydrogens (tertiary/aromatic N) is 1. The van der Waals surface area contributed by atoms with Crippen LogP contribution in [0.5, 0.6) is 0 Å². The number of piperidine rings is 1. The molecule has 2 heterocycles. The molecule has 1 amide bonds. The SMILES string of the molecule is C[C@@]1(O)CCN(Cc2ccccc2)C(=O)[C@@H]1c1ccco1. The molecule has 2 atom stereocenters. The summed E-state index contributed by atoms with van der Waals surface area (Å²) in [7, 11) is 0. The molecule has 0 bridgehead atoms. The van der Waals surface area contributed by atoms with Gasteiger partial charge in [0.1, 0.15) is 11.7 Å². The Kier molecular flexibility index (Phi) is 3.55. The Labute approximate surface area is 124 Å². The lowest BCUT2D eigenvalue weighted by Gasteiger charge is -2.41. The maximum atomic E-state index is 12.7. The molecule has 0 radical (unpaired) electrons. The van der Waals surface area contributed by atoms with E-state index in [9.17, 15) is 9.90 Å². The lowest BCUT2D eigenvalue weighted by molar-refractivity contribution is -0.148. The fourth-order valence-electron chi connectivity index (χ4n) is 2.91. The third kappa shape index (κ3) is 2.72. The van der Waals surface area contributed by atoms with Crippen molar-refractivity contribution in [2.45, 2.75) is 31.4 Å². The number of carbonyl (C=O) groups excluding carboxylic acids is 1. The molecule has 0 unspecified atom stereocenters. The van der Waals surface area contributed by atoms with E-state index in [1.807, 2.05) is 30.3 Å². The van der Waals surface area contributed by atoms with Crippen LogP contribution in [0, 0.1) is 0 Å². The smallest absolute Gasteiger partial charge is 0.236 e. The Morgan fingerprint density at radius 3 is 2.71 bits per heavy atom. The molecule has 21 heavy (non-hydrogen) atoms. The topological polar surface area (TPSA) is 53.7 Å². The third-order valence-corrected chi connectivity index (χ3v) is 4.11. The summed E-state index contributed by atoms with van der Waals surface area (Å²) in [5.41, 5.74) is 0.0212. The van der Waals surface area contributed by atoms with Crippen LogP contribution in [-0.2, 0) is 11.3 Å². The summed E-state index contributed by atoms with van der Waals surface area (Å²) in [6.45, 7) is 2.82. The number of hydrogen-bond donors (Lipinski definition) is 1. The molecule has 4 nitrogen and oxygen atoms in total. The van der Waals surface area contributed by atoms with Gasteiger partial charge in [0, 0.05) is 13.1 Å². The van der Waals surface area contributed by atoms with Crippen LogP contribution < -0.4 is 0 Å². The zero-order valence-corrected chi connectivity index (χ0v) is 12.0. The van der Waals surface area contributed by atoms with Gasteiger partial charge in [0.2, 0.25) is 5.91 Å². The highest BCUT2D eigenvalue weighted by Gasteiger charge is 2.46. The van der Waals surface area contributed by atoms with Gasteiger partial charge in [0.05, 0.1) is 11.9 Å². The van der Waals surface area contributed by atoms with E-state index in [-0.39, 0.29) is 5.91 Å². The molecule has 3 rings (SSSR count). The summed E-state index contributed by atoms with van der Waals surface area (Å²) in [6.07, 6.45) is 2.08. The van der Waals surface area contributed by atoms with Gasteiger partial charge in [0.15, 0.2) is 0 Å². The highest BCUT2D eigenvalue weighted by Crippen LogP contribution is 2.37. The number of hydrogen-bond acceptors (Lipinski definition) is 3. The van der Waals surface area contributed by atoms with Crippen molar-refractivity contribution in [2.24, 2.45) is 0 Å². The summed E-state index contributed by atoms with van der Waals surface area (Å²) < 4.78 is 5.37. The van der Waals surface area contributed by atoms with Gasteiger partial charge in [-0.05, 0) is 31.0 Å². The Morgan fingerprint density at radius 1 is 1.29 bits per heavy atom. The van der Waals surface area contributed by atoms with Crippen LogP contribution in [0.25, 0.3) is 0 Å². The third-order valence-electron chi connectivity index (χ3n) is 4.11. The average Bonchev–Trinajstić information content (AvgIpc) is 2.97. The molecule has 1 aromatic carbocycles. The first-order valence-corrected chi connectivity index (χ1v) is 7.16. The quantitative estimate of drug-likeness (QED) is 0.943. The first-order valence-electron chi connectivity index (χ1n) is 7.16. The van der Waals surface area contributed by atoms with Gasteiger partial charge in [-0.25, -0.2) is 0 Å². The Balaban J connectivity index is 1.84. The molecule has 1 saturated heterocycles. The molecule has 1 fully saturated rings. The lowest BCUT2D eigenvalue weighted by atomic mass is 9.80. The number of aliphatic hydroxyl groups is 1. The van der Waals surface area contributed by atoms with E-state index in [0.29, 0.717) is 25.3 Å². The Morgan fingerprint density at radius 2 is 2.05 bits per heavy atom. The highest BCUT2D eigenvalue weighted by atomic mass is 16.3. The monoisotopic (exact) mass is 285 g/mol. The molecule has 0 aliphatic carbocycles. The summed E-state index contributed by atoms with van der Waals surface area (Å²) >= 11 is 0. The maximum absolute atomic E-state index is 12.7. The molecule has 1 aliphatic heterocycles. The van der Waals surface area contributed by atoms with E-state index in [0.717, 1.165) is 5.56 Å². The second-order valence-electron chi connectivity index (χ2n) is 5.80. The molecule has 1 aromatic heterocycles. The van der Waals surface area contributed by atoms with Crippen molar-refractivity contribution in [3.05, 3.63) is 60.1 Å². The maximum Gasteiger partial charge on any atom is 0.236 e. The molecule has 110 valence electrons. The summed E-state index contributed by atoms with van der Waals surface area (Å²) in [5, 5.41) is 10.6. The molecule has 0 spiro atoms. The minimum absolute atomic E-state index is 0.0787. The number of likely N-dealkylation sites (tertiary alicyclic amines) is 1. The number of amides is 1. The van der Waals surface area contributed by atoms with Crippen LogP contribution in [0.2, 0.25) is 0 Å². The second-order valence-corrected chi connectivity index (χ2v) is 5.80. The summed E-state index contributed by atoms with van der Waals surface area (Å²) in [5.74, 6) is -0.183. The van der Waals surface area contributed by atoms with Gasteiger partial charge in [0.25, 0.3) is 0 Å². The average molecular weight is 285 g/mol. The van der Waals surface area contributed by atoms with Gasteiger partial charge in [-0.1, -0.05) is 30.3 Å². The van der Waals surface area contributed by atoms with Crippen LogP contribution in [0.4, 0.5) is 0 Å². The Bertz CT molecular complexity index is 604. The van der Waals surface area contributed by atoms with Crippen molar-refractivity contribution < 1.29 is 14.3 Å². The van der Waals surface area contributed by atoms with E-state index < -0.39 is 11.5 Å². The minimum atomic E-state index is -1.07. The standard InChI is InChI=1S/C17H19NO3/c1-17(20)9-10-18(12-13-6-3-2-4-7-13)16(19)15(17)14-8-5-11-21-14/h2-8,11,15,20H,9-10,12H2,1H3/t15-,17+/m0/s1. The molecule has 4 heteroatoms. The van der Waals surface area contributed by atoms with Crippen LogP contribution in [0.3, 0.4) is 0 Å². The van der Waals surface area contributed by atoms with Crippen molar-refractivity contribution in [3.63, 3.8) is 0 Å². The van der Waals surface area contributed by atoms with Gasteiger partial charge < -0.3 is 14.4 Å². The summed E-state index contributed by atoms with van der Waals surface area (Å²) in [6, 6.07) is 13.4.